The van der Waals surface area contributed by atoms with Crippen LogP contribution in [0.4, 0.5) is 10.8 Å². The van der Waals surface area contributed by atoms with Gasteiger partial charge in [-0.1, -0.05) is 11.3 Å². The van der Waals surface area contributed by atoms with E-state index in [-0.39, 0.29) is 5.91 Å². The third-order valence-electron chi connectivity index (χ3n) is 4.03. The van der Waals surface area contributed by atoms with E-state index >= 15 is 0 Å². The van der Waals surface area contributed by atoms with Crippen molar-refractivity contribution in [2.24, 2.45) is 0 Å². The second kappa shape index (κ2) is 6.70. The fourth-order valence-electron chi connectivity index (χ4n) is 2.81. The van der Waals surface area contributed by atoms with E-state index in [1.54, 1.807) is 11.3 Å². The number of morpholine rings is 1. The molecule has 25 heavy (non-hydrogen) atoms. The minimum atomic E-state index is -0.111. The number of carbonyl (C=O) groups excluding carboxylic acids is 1. The Morgan fingerprint density at radius 1 is 1.20 bits per heavy atom. The van der Waals surface area contributed by atoms with Gasteiger partial charge in [0.25, 0.3) is 5.91 Å². The van der Waals surface area contributed by atoms with E-state index in [0.29, 0.717) is 4.88 Å². The zero-order valence-electron chi connectivity index (χ0n) is 14.0. The number of fused-ring (bicyclic) bond motifs is 1. The summed E-state index contributed by atoms with van der Waals surface area (Å²) in [6, 6.07) is 5.83. The molecule has 130 valence electrons. The summed E-state index contributed by atoms with van der Waals surface area (Å²) in [5.74, 6) is -0.111. The van der Waals surface area contributed by atoms with Gasteiger partial charge in [0.2, 0.25) is 0 Å². The molecule has 0 bridgehead atoms. The van der Waals surface area contributed by atoms with Crippen LogP contribution >= 0.6 is 22.7 Å². The molecular formula is C17H18N4O2S2. The lowest BCUT2D eigenvalue weighted by Crippen LogP contribution is -2.36. The first-order valence-electron chi connectivity index (χ1n) is 8.09. The van der Waals surface area contributed by atoms with Crippen LogP contribution in [0.25, 0.3) is 10.2 Å². The molecule has 0 aliphatic carbocycles. The Morgan fingerprint density at radius 2 is 2.00 bits per heavy atom. The zero-order chi connectivity index (χ0) is 17.4. The first kappa shape index (κ1) is 16.4. The van der Waals surface area contributed by atoms with Crippen molar-refractivity contribution in [2.45, 2.75) is 13.8 Å². The summed E-state index contributed by atoms with van der Waals surface area (Å²) >= 11 is 3.06. The molecule has 6 nitrogen and oxygen atoms in total. The zero-order valence-corrected chi connectivity index (χ0v) is 15.7. The number of carbonyl (C=O) groups is 1. The van der Waals surface area contributed by atoms with E-state index in [2.05, 4.69) is 15.2 Å². The molecule has 3 aromatic rings. The van der Waals surface area contributed by atoms with Gasteiger partial charge in [0.15, 0.2) is 5.13 Å². The molecular weight excluding hydrogens is 356 g/mol. The summed E-state index contributed by atoms with van der Waals surface area (Å²) in [6.45, 7) is 6.99. The van der Waals surface area contributed by atoms with E-state index in [1.165, 1.54) is 11.3 Å². The SMILES string of the molecule is Cc1nc(C)c(C(=O)Nc2ccc3nc(N4CCOCC4)sc3c2)s1. The van der Waals surface area contributed by atoms with Crippen LogP contribution in [-0.4, -0.2) is 42.2 Å². The maximum atomic E-state index is 12.5. The van der Waals surface area contributed by atoms with Gasteiger partial charge in [-0.25, -0.2) is 9.97 Å². The largest absolute Gasteiger partial charge is 0.378 e. The van der Waals surface area contributed by atoms with E-state index in [0.717, 1.165) is 58.0 Å². The van der Waals surface area contributed by atoms with E-state index in [4.69, 9.17) is 9.72 Å². The second-order valence-electron chi connectivity index (χ2n) is 5.88. The minimum absolute atomic E-state index is 0.111. The van der Waals surface area contributed by atoms with Gasteiger partial charge < -0.3 is 15.0 Å². The quantitative estimate of drug-likeness (QED) is 0.760. The summed E-state index contributed by atoms with van der Waals surface area (Å²) < 4.78 is 6.46. The Morgan fingerprint density at radius 3 is 2.72 bits per heavy atom. The van der Waals surface area contributed by atoms with Crippen LogP contribution < -0.4 is 10.2 Å². The number of thiazole rings is 2. The highest BCUT2D eigenvalue weighted by atomic mass is 32.1. The summed E-state index contributed by atoms with van der Waals surface area (Å²) in [5, 5.41) is 4.88. The van der Waals surface area contributed by atoms with Crippen molar-refractivity contribution in [1.29, 1.82) is 0 Å². The lowest BCUT2D eigenvalue weighted by atomic mass is 10.3. The summed E-state index contributed by atoms with van der Waals surface area (Å²) in [5.41, 5.74) is 2.50. The highest BCUT2D eigenvalue weighted by molar-refractivity contribution is 7.22. The van der Waals surface area contributed by atoms with E-state index < -0.39 is 0 Å². The predicted molar refractivity (Wildman–Crippen MR) is 102 cm³/mol. The molecule has 0 spiro atoms. The molecule has 0 atom stereocenters. The van der Waals surface area contributed by atoms with Crippen LogP contribution in [-0.2, 0) is 4.74 Å². The molecule has 3 heterocycles. The molecule has 1 saturated heterocycles. The molecule has 8 heteroatoms. The van der Waals surface area contributed by atoms with E-state index in [1.807, 2.05) is 32.0 Å². The fourth-order valence-corrected chi connectivity index (χ4v) is 4.68. The van der Waals surface area contributed by atoms with Gasteiger partial charge in [0.1, 0.15) is 4.88 Å². The van der Waals surface area contributed by atoms with Gasteiger partial charge >= 0.3 is 0 Å². The van der Waals surface area contributed by atoms with Crippen LogP contribution in [0, 0.1) is 13.8 Å². The highest BCUT2D eigenvalue weighted by Gasteiger charge is 2.17. The Hall–Kier alpha value is -2.03. The first-order valence-corrected chi connectivity index (χ1v) is 9.72. The maximum Gasteiger partial charge on any atom is 0.267 e. The van der Waals surface area contributed by atoms with Crippen LogP contribution in [0.1, 0.15) is 20.4 Å². The van der Waals surface area contributed by atoms with Crippen LogP contribution in [0.2, 0.25) is 0 Å². The molecule has 1 aliphatic heterocycles. The van der Waals surface area contributed by atoms with Gasteiger partial charge in [-0.15, -0.1) is 11.3 Å². The molecule has 1 N–H and O–H groups in total. The van der Waals surface area contributed by atoms with Crippen molar-refractivity contribution in [1.82, 2.24) is 9.97 Å². The molecule has 1 amide bonds. The number of ether oxygens (including phenoxy) is 1. The lowest BCUT2D eigenvalue weighted by Gasteiger charge is -2.25. The average molecular weight is 374 g/mol. The molecule has 2 aromatic heterocycles. The van der Waals surface area contributed by atoms with Crippen LogP contribution in [0.3, 0.4) is 0 Å². The number of nitrogens with one attached hydrogen (secondary N) is 1. The summed E-state index contributed by atoms with van der Waals surface area (Å²) in [7, 11) is 0. The van der Waals surface area contributed by atoms with Crippen LogP contribution in [0.5, 0.6) is 0 Å². The number of hydrogen-bond donors (Lipinski definition) is 1. The topological polar surface area (TPSA) is 67.4 Å². The monoisotopic (exact) mass is 374 g/mol. The van der Waals surface area contributed by atoms with Gasteiger partial charge in [-0.2, -0.15) is 0 Å². The maximum absolute atomic E-state index is 12.5. The van der Waals surface area contributed by atoms with Gasteiger partial charge in [0.05, 0.1) is 34.1 Å². The Bertz CT molecular complexity index is 928. The van der Waals surface area contributed by atoms with Gasteiger partial charge in [0, 0.05) is 18.8 Å². The van der Waals surface area contributed by atoms with E-state index in [9.17, 15) is 4.79 Å². The third kappa shape index (κ3) is 3.37. The second-order valence-corrected chi connectivity index (χ2v) is 8.09. The first-order chi connectivity index (χ1) is 12.1. The fraction of sp³-hybridized carbons (Fsp3) is 0.353. The number of anilines is 2. The standard InChI is InChI=1S/C17H18N4O2S2/c1-10-15(24-11(2)18-10)16(22)19-12-3-4-13-14(9-12)25-17(20-13)21-5-7-23-8-6-21/h3-4,9H,5-8H2,1-2H3,(H,19,22). The number of aryl methyl sites for hydroxylation is 2. The molecule has 4 rings (SSSR count). The van der Waals surface area contributed by atoms with Gasteiger partial charge in [-0.3, -0.25) is 4.79 Å². The molecule has 0 radical (unpaired) electrons. The van der Waals surface area contributed by atoms with Crippen molar-refractivity contribution in [3.8, 4) is 0 Å². The smallest absolute Gasteiger partial charge is 0.267 e. The molecule has 1 aromatic carbocycles. The van der Waals surface area contributed by atoms with Crippen molar-refractivity contribution in [3.63, 3.8) is 0 Å². The number of amides is 1. The Balaban J connectivity index is 1.56. The number of rotatable bonds is 3. The Kier molecular flexibility index (Phi) is 4.41. The lowest BCUT2D eigenvalue weighted by molar-refractivity contribution is 0.103. The van der Waals surface area contributed by atoms with Crippen molar-refractivity contribution in [2.75, 3.05) is 36.5 Å². The van der Waals surface area contributed by atoms with Crippen molar-refractivity contribution >= 4 is 49.6 Å². The summed E-state index contributed by atoms with van der Waals surface area (Å²) in [4.78, 5) is 24.4. The highest BCUT2D eigenvalue weighted by Crippen LogP contribution is 2.31. The van der Waals surface area contributed by atoms with Crippen LogP contribution in [0.15, 0.2) is 18.2 Å². The normalized spacial score (nSPS) is 14.9. The molecule has 1 fully saturated rings. The number of aromatic nitrogens is 2. The minimum Gasteiger partial charge on any atom is -0.378 e. The average Bonchev–Trinajstić information content (AvgIpc) is 3.18. The summed E-state index contributed by atoms with van der Waals surface area (Å²) in [6.07, 6.45) is 0. The number of hydrogen-bond acceptors (Lipinski definition) is 7. The predicted octanol–water partition coefficient (Wildman–Crippen LogP) is 3.46. The molecule has 1 aliphatic rings. The van der Waals surface area contributed by atoms with Crippen molar-refractivity contribution < 1.29 is 9.53 Å². The van der Waals surface area contributed by atoms with Crippen molar-refractivity contribution in [3.05, 3.63) is 33.8 Å². The number of nitrogens with zero attached hydrogens (tertiary/aromatic N) is 3. The number of benzene rings is 1. The van der Waals surface area contributed by atoms with Gasteiger partial charge in [-0.05, 0) is 32.0 Å². The Labute approximate surface area is 153 Å². The third-order valence-corrected chi connectivity index (χ3v) is 6.18. The molecule has 0 saturated carbocycles. The molecule has 0 unspecified atom stereocenters.